The molecule has 196 valence electrons. The zero-order valence-electron chi connectivity index (χ0n) is 21.6. The summed E-state index contributed by atoms with van der Waals surface area (Å²) in [6, 6.07) is 24.7. The smallest absolute Gasteiger partial charge is 0.241 e. The Kier molecular flexibility index (Phi) is 8.63. The van der Waals surface area contributed by atoms with Crippen molar-refractivity contribution < 1.29 is 17.9 Å². The van der Waals surface area contributed by atoms with E-state index >= 15 is 0 Å². The second kappa shape index (κ2) is 11.9. The van der Waals surface area contributed by atoms with Crippen LogP contribution in [0.2, 0.25) is 0 Å². The summed E-state index contributed by atoms with van der Waals surface area (Å²) in [6.07, 6.45) is 0. The maximum absolute atomic E-state index is 13.2. The van der Waals surface area contributed by atoms with E-state index in [9.17, 15) is 13.2 Å². The first-order valence-corrected chi connectivity index (χ1v) is 14.2. The molecule has 3 aromatic carbocycles. The molecule has 1 atom stereocenters. The average Bonchev–Trinajstić information content (AvgIpc) is 2.91. The molecule has 1 N–H and O–H groups in total. The number of carbonyl (C=O) groups excluding carboxylic acids is 1. The van der Waals surface area contributed by atoms with E-state index < -0.39 is 16.1 Å². The van der Waals surface area contributed by atoms with Crippen molar-refractivity contribution in [1.82, 2.24) is 14.5 Å². The lowest BCUT2D eigenvalue weighted by atomic mass is 9.96. The van der Waals surface area contributed by atoms with E-state index in [1.54, 1.807) is 30.9 Å². The zero-order chi connectivity index (χ0) is 26.4. The molecule has 0 radical (unpaired) electrons. The van der Waals surface area contributed by atoms with E-state index in [4.69, 9.17) is 4.74 Å². The van der Waals surface area contributed by atoms with Gasteiger partial charge in [0.1, 0.15) is 5.75 Å². The highest BCUT2D eigenvalue weighted by Gasteiger charge is 2.31. The first kappa shape index (κ1) is 26.9. The van der Waals surface area contributed by atoms with Crippen LogP contribution in [-0.2, 0) is 14.8 Å². The molecule has 0 saturated carbocycles. The topological polar surface area (TPSA) is 78.9 Å². The van der Waals surface area contributed by atoms with Crippen LogP contribution in [0.4, 0.5) is 0 Å². The van der Waals surface area contributed by atoms with Gasteiger partial charge in [0.2, 0.25) is 15.9 Å². The molecule has 1 fully saturated rings. The molecule has 0 aromatic heterocycles. The van der Waals surface area contributed by atoms with Gasteiger partial charge < -0.3 is 9.64 Å². The molecule has 0 spiro atoms. The third kappa shape index (κ3) is 6.39. The first-order valence-electron chi connectivity index (χ1n) is 12.7. The fraction of sp³-hybridized carbons (Fsp3) is 0.345. The van der Waals surface area contributed by atoms with Crippen LogP contribution in [0.5, 0.6) is 5.75 Å². The number of hydrogen-bond acceptors (Lipinski definition) is 5. The Morgan fingerprint density at radius 2 is 1.49 bits per heavy atom. The van der Waals surface area contributed by atoms with Gasteiger partial charge in [0.05, 0.1) is 23.6 Å². The van der Waals surface area contributed by atoms with E-state index in [2.05, 4.69) is 33.9 Å². The number of aryl methyl sites for hydroxylation is 1. The Morgan fingerprint density at radius 1 is 0.919 bits per heavy atom. The van der Waals surface area contributed by atoms with E-state index in [0.717, 1.165) is 5.56 Å². The highest BCUT2D eigenvalue weighted by molar-refractivity contribution is 7.89. The number of rotatable bonds is 9. The molecule has 1 saturated heterocycles. The Hall–Kier alpha value is -3.20. The standard InChI is InChI=1S/C29H35N3O4S/c1-4-36-27-16-15-26(21-22(27)2)37(34,35)30-23(3)29(33)32-19-17-31(18-20-32)28(24-11-7-5-8-12-24)25-13-9-6-10-14-25/h5-16,21,23,28,30H,4,17-20H2,1-3H3/t23-/m1/s1. The summed E-state index contributed by atoms with van der Waals surface area (Å²) in [4.78, 5) is 17.4. The molecule has 7 nitrogen and oxygen atoms in total. The van der Waals surface area contributed by atoms with Crippen molar-refractivity contribution in [2.75, 3.05) is 32.8 Å². The summed E-state index contributed by atoms with van der Waals surface area (Å²) in [5.74, 6) is 0.426. The third-order valence-corrected chi connectivity index (χ3v) is 8.22. The van der Waals surface area contributed by atoms with Crippen molar-refractivity contribution in [3.63, 3.8) is 0 Å². The van der Waals surface area contributed by atoms with Crippen molar-refractivity contribution in [3.05, 3.63) is 95.6 Å². The number of carbonyl (C=O) groups is 1. The molecule has 0 aliphatic carbocycles. The van der Waals surface area contributed by atoms with Crippen LogP contribution in [0.3, 0.4) is 0 Å². The van der Waals surface area contributed by atoms with E-state index in [-0.39, 0.29) is 16.8 Å². The van der Waals surface area contributed by atoms with E-state index in [1.165, 1.54) is 17.2 Å². The van der Waals surface area contributed by atoms with Gasteiger partial charge in [-0.25, -0.2) is 8.42 Å². The van der Waals surface area contributed by atoms with Crippen molar-refractivity contribution in [2.24, 2.45) is 0 Å². The minimum atomic E-state index is -3.86. The van der Waals surface area contributed by atoms with Crippen LogP contribution in [0.25, 0.3) is 0 Å². The summed E-state index contributed by atoms with van der Waals surface area (Å²) >= 11 is 0. The number of benzene rings is 3. The van der Waals surface area contributed by atoms with Crippen LogP contribution >= 0.6 is 0 Å². The van der Waals surface area contributed by atoms with Crippen LogP contribution in [0.1, 0.15) is 36.6 Å². The number of amides is 1. The lowest BCUT2D eigenvalue weighted by Gasteiger charge is -2.40. The third-order valence-electron chi connectivity index (χ3n) is 6.68. The summed E-state index contributed by atoms with van der Waals surface area (Å²) in [5, 5.41) is 0. The Labute approximate surface area is 220 Å². The quantitative estimate of drug-likeness (QED) is 0.461. The second-order valence-corrected chi connectivity index (χ2v) is 11.0. The fourth-order valence-electron chi connectivity index (χ4n) is 4.82. The van der Waals surface area contributed by atoms with E-state index in [1.807, 2.05) is 43.3 Å². The van der Waals surface area contributed by atoms with Gasteiger partial charge in [0, 0.05) is 26.2 Å². The molecule has 3 aromatic rings. The van der Waals surface area contributed by atoms with Crippen molar-refractivity contribution in [2.45, 2.75) is 37.8 Å². The van der Waals surface area contributed by atoms with Gasteiger partial charge in [-0.2, -0.15) is 4.72 Å². The van der Waals surface area contributed by atoms with E-state index in [0.29, 0.717) is 38.5 Å². The number of hydrogen-bond donors (Lipinski definition) is 1. The highest BCUT2D eigenvalue weighted by Crippen LogP contribution is 2.29. The predicted octanol–water partition coefficient (Wildman–Crippen LogP) is 3.99. The summed E-state index contributed by atoms with van der Waals surface area (Å²) in [5.41, 5.74) is 3.15. The van der Waals surface area contributed by atoms with Gasteiger partial charge in [-0.05, 0) is 55.7 Å². The molecule has 1 amide bonds. The minimum absolute atomic E-state index is 0.0958. The number of nitrogens with zero attached hydrogens (tertiary/aromatic N) is 2. The molecular formula is C29H35N3O4S. The highest BCUT2D eigenvalue weighted by atomic mass is 32.2. The molecule has 37 heavy (non-hydrogen) atoms. The summed E-state index contributed by atoms with van der Waals surface area (Å²) < 4.78 is 34.0. The molecular weight excluding hydrogens is 486 g/mol. The fourth-order valence-corrected chi connectivity index (χ4v) is 6.10. The predicted molar refractivity (Wildman–Crippen MR) is 145 cm³/mol. The van der Waals surface area contributed by atoms with Crippen LogP contribution in [0.15, 0.2) is 83.8 Å². The van der Waals surface area contributed by atoms with Gasteiger partial charge in [-0.15, -0.1) is 0 Å². The maximum atomic E-state index is 13.2. The lowest BCUT2D eigenvalue weighted by molar-refractivity contribution is -0.134. The Balaban J connectivity index is 1.41. The van der Waals surface area contributed by atoms with Crippen LogP contribution < -0.4 is 9.46 Å². The molecule has 1 heterocycles. The van der Waals surface area contributed by atoms with Crippen LogP contribution in [-0.4, -0.2) is 63.0 Å². The minimum Gasteiger partial charge on any atom is -0.494 e. The van der Waals surface area contributed by atoms with Crippen molar-refractivity contribution in [3.8, 4) is 5.75 Å². The molecule has 1 aliphatic heterocycles. The Bertz CT molecular complexity index is 1250. The second-order valence-electron chi connectivity index (χ2n) is 9.29. The first-order chi connectivity index (χ1) is 17.8. The number of piperazine rings is 1. The SMILES string of the molecule is CCOc1ccc(S(=O)(=O)N[C@H](C)C(=O)N2CCN(C(c3ccccc3)c3ccccc3)CC2)cc1C. The van der Waals surface area contributed by atoms with Crippen LogP contribution in [0, 0.1) is 6.92 Å². The lowest BCUT2D eigenvalue weighted by Crippen LogP contribution is -2.54. The van der Waals surface area contributed by atoms with Gasteiger partial charge in [0.25, 0.3) is 0 Å². The number of sulfonamides is 1. The molecule has 4 rings (SSSR count). The molecule has 8 heteroatoms. The normalized spacial score (nSPS) is 15.5. The monoisotopic (exact) mass is 521 g/mol. The van der Waals surface area contributed by atoms with Gasteiger partial charge >= 0.3 is 0 Å². The number of nitrogens with one attached hydrogen (secondary N) is 1. The molecule has 0 bridgehead atoms. The summed E-state index contributed by atoms with van der Waals surface area (Å²) in [7, 11) is -3.86. The number of ether oxygens (including phenoxy) is 1. The van der Waals surface area contributed by atoms with Gasteiger partial charge in [-0.3, -0.25) is 9.69 Å². The zero-order valence-corrected chi connectivity index (χ0v) is 22.4. The summed E-state index contributed by atoms with van der Waals surface area (Å²) in [6.45, 7) is 8.23. The largest absolute Gasteiger partial charge is 0.494 e. The van der Waals surface area contributed by atoms with Crippen molar-refractivity contribution >= 4 is 15.9 Å². The molecule has 0 unspecified atom stereocenters. The van der Waals surface area contributed by atoms with Crippen molar-refractivity contribution in [1.29, 1.82) is 0 Å². The van der Waals surface area contributed by atoms with Gasteiger partial charge in [-0.1, -0.05) is 60.7 Å². The van der Waals surface area contributed by atoms with Gasteiger partial charge in [0.15, 0.2) is 0 Å². The Morgan fingerprint density at radius 3 is 2.00 bits per heavy atom. The molecule has 1 aliphatic rings. The average molecular weight is 522 g/mol. The maximum Gasteiger partial charge on any atom is 0.241 e.